The fraction of sp³-hybridized carbons (Fsp3) is 0.400. The second-order valence-electron chi connectivity index (χ2n) is 6.44. The molecule has 0 radical (unpaired) electrons. The van der Waals surface area contributed by atoms with E-state index in [9.17, 15) is 4.39 Å². The molecule has 3 rings (SSSR count). The summed E-state index contributed by atoms with van der Waals surface area (Å²) in [5.74, 6) is -0.349. The summed E-state index contributed by atoms with van der Waals surface area (Å²) in [5, 5.41) is 3.64. The van der Waals surface area contributed by atoms with Gasteiger partial charge in [0.15, 0.2) is 0 Å². The lowest BCUT2D eigenvalue weighted by Gasteiger charge is -2.35. The molecule has 0 amide bonds. The molecule has 1 aliphatic rings. The smallest absolute Gasteiger partial charge is 0.141 e. The average molecular weight is 347 g/mol. The van der Waals surface area contributed by atoms with E-state index in [1.54, 1.807) is 6.07 Å². The minimum absolute atomic E-state index is 0.209. The molecule has 1 N–H and O–H groups in total. The predicted molar refractivity (Wildman–Crippen MR) is 97.9 cm³/mol. The van der Waals surface area contributed by atoms with Gasteiger partial charge in [-0.3, -0.25) is 4.90 Å². The van der Waals surface area contributed by atoms with Crippen LogP contribution in [0.3, 0.4) is 0 Å². The molecule has 1 saturated heterocycles. The molecule has 0 bridgehead atoms. The lowest BCUT2D eigenvalue weighted by molar-refractivity contribution is 0.155. The van der Waals surface area contributed by atoms with Crippen LogP contribution in [0.15, 0.2) is 48.5 Å². The monoisotopic (exact) mass is 346 g/mol. The van der Waals surface area contributed by atoms with Gasteiger partial charge in [-0.15, -0.1) is 0 Å². The van der Waals surface area contributed by atoms with E-state index in [-0.39, 0.29) is 10.8 Å². The minimum Gasteiger partial charge on any atom is -0.317 e. The summed E-state index contributed by atoms with van der Waals surface area (Å²) in [4.78, 5) is 2.53. The number of benzene rings is 2. The van der Waals surface area contributed by atoms with Gasteiger partial charge in [0.05, 0.1) is 5.02 Å². The van der Waals surface area contributed by atoms with E-state index in [0.717, 1.165) is 51.0 Å². The zero-order chi connectivity index (χ0) is 16.8. The quantitative estimate of drug-likeness (QED) is 0.840. The van der Waals surface area contributed by atoms with Crippen molar-refractivity contribution in [3.8, 4) is 0 Å². The van der Waals surface area contributed by atoms with Gasteiger partial charge < -0.3 is 5.32 Å². The topological polar surface area (TPSA) is 15.3 Å². The van der Waals surface area contributed by atoms with Crippen LogP contribution in [0.25, 0.3) is 0 Å². The molecule has 1 aliphatic heterocycles. The van der Waals surface area contributed by atoms with Crippen molar-refractivity contribution < 1.29 is 4.39 Å². The molecule has 0 aromatic heterocycles. The van der Waals surface area contributed by atoms with Crippen molar-refractivity contribution in [3.63, 3.8) is 0 Å². The third kappa shape index (κ3) is 4.79. The molecule has 1 fully saturated rings. The molecule has 1 heterocycles. The van der Waals surface area contributed by atoms with Crippen LogP contribution >= 0.6 is 11.6 Å². The van der Waals surface area contributed by atoms with Gasteiger partial charge in [0, 0.05) is 19.1 Å². The maximum absolute atomic E-state index is 13.4. The highest BCUT2D eigenvalue weighted by Gasteiger charge is 2.21. The number of nitrogens with zero attached hydrogens (tertiary/aromatic N) is 1. The molecule has 0 atom stereocenters. The largest absolute Gasteiger partial charge is 0.317 e. The Labute approximate surface area is 148 Å². The van der Waals surface area contributed by atoms with Crippen LogP contribution in [-0.2, 0) is 13.0 Å². The van der Waals surface area contributed by atoms with Crippen molar-refractivity contribution in [2.45, 2.75) is 31.8 Å². The Bertz CT molecular complexity index is 641. The molecule has 0 aliphatic carbocycles. The van der Waals surface area contributed by atoms with Crippen LogP contribution in [0.2, 0.25) is 5.02 Å². The van der Waals surface area contributed by atoms with Gasteiger partial charge >= 0.3 is 0 Å². The Balaban J connectivity index is 1.69. The molecule has 4 heteroatoms. The van der Waals surface area contributed by atoms with Crippen molar-refractivity contribution in [1.82, 2.24) is 10.2 Å². The zero-order valence-electron chi connectivity index (χ0n) is 13.8. The Morgan fingerprint density at radius 1 is 1.04 bits per heavy atom. The van der Waals surface area contributed by atoms with E-state index in [1.807, 2.05) is 6.07 Å². The maximum atomic E-state index is 13.4. The number of nitrogens with one attached hydrogen (secondary N) is 1. The Hall–Kier alpha value is -1.42. The summed E-state index contributed by atoms with van der Waals surface area (Å²) in [6, 6.07) is 16.2. The van der Waals surface area contributed by atoms with Crippen LogP contribution in [0.1, 0.15) is 24.0 Å². The molecule has 128 valence electrons. The van der Waals surface area contributed by atoms with Gasteiger partial charge in [0.2, 0.25) is 0 Å². The van der Waals surface area contributed by atoms with Gasteiger partial charge in [0.25, 0.3) is 0 Å². The summed E-state index contributed by atoms with van der Waals surface area (Å²) >= 11 is 5.95. The Morgan fingerprint density at radius 2 is 1.79 bits per heavy atom. The maximum Gasteiger partial charge on any atom is 0.141 e. The van der Waals surface area contributed by atoms with E-state index in [0.29, 0.717) is 6.04 Å². The molecular formula is C20H24ClFN2. The van der Waals surface area contributed by atoms with E-state index in [2.05, 4.69) is 40.5 Å². The first-order chi connectivity index (χ1) is 11.7. The summed E-state index contributed by atoms with van der Waals surface area (Å²) in [6.07, 6.45) is 3.34. The van der Waals surface area contributed by atoms with Crippen molar-refractivity contribution in [1.29, 1.82) is 0 Å². The number of halogens is 2. The predicted octanol–water partition coefficient (Wildman–Crippen LogP) is 4.28. The molecule has 24 heavy (non-hydrogen) atoms. The van der Waals surface area contributed by atoms with E-state index >= 15 is 0 Å². The zero-order valence-corrected chi connectivity index (χ0v) is 14.6. The fourth-order valence-corrected chi connectivity index (χ4v) is 3.56. The van der Waals surface area contributed by atoms with Gasteiger partial charge in [-0.05, 0) is 55.6 Å². The second kappa shape index (κ2) is 8.61. The number of hydrogen-bond acceptors (Lipinski definition) is 2. The first-order valence-corrected chi connectivity index (χ1v) is 9.03. The Kier molecular flexibility index (Phi) is 6.24. The Morgan fingerprint density at radius 3 is 2.50 bits per heavy atom. The average Bonchev–Trinajstić information content (AvgIpc) is 2.63. The summed E-state index contributed by atoms with van der Waals surface area (Å²) < 4.78 is 13.4. The minimum atomic E-state index is -0.349. The van der Waals surface area contributed by atoms with Gasteiger partial charge in [-0.2, -0.15) is 0 Å². The molecule has 0 unspecified atom stereocenters. The summed E-state index contributed by atoms with van der Waals surface area (Å²) in [6.45, 7) is 3.95. The second-order valence-corrected chi connectivity index (χ2v) is 6.84. The third-order valence-electron chi connectivity index (χ3n) is 4.73. The molecule has 2 aromatic rings. The highest BCUT2D eigenvalue weighted by molar-refractivity contribution is 6.30. The van der Waals surface area contributed by atoms with Crippen LogP contribution in [0.4, 0.5) is 4.39 Å². The normalized spacial score (nSPS) is 15.8. The SMILES string of the molecule is Fc1ccc(CN(CCc2ccccc2)C2CCNCC2)cc1Cl. The molecular weight excluding hydrogens is 323 g/mol. The highest BCUT2D eigenvalue weighted by Crippen LogP contribution is 2.20. The molecule has 0 saturated carbocycles. The fourth-order valence-electron chi connectivity index (χ4n) is 3.35. The highest BCUT2D eigenvalue weighted by atomic mass is 35.5. The van der Waals surface area contributed by atoms with Gasteiger partial charge in [-0.1, -0.05) is 48.0 Å². The molecule has 2 aromatic carbocycles. The first-order valence-electron chi connectivity index (χ1n) is 8.65. The first kappa shape index (κ1) is 17.4. The van der Waals surface area contributed by atoms with Crippen molar-refractivity contribution in [3.05, 3.63) is 70.5 Å². The van der Waals surface area contributed by atoms with E-state index < -0.39 is 0 Å². The van der Waals surface area contributed by atoms with Crippen LogP contribution < -0.4 is 5.32 Å². The number of rotatable bonds is 6. The van der Waals surface area contributed by atoms with Crippen LogP contribution in [0, 0.1) is 5.82 Å². The van der Waals surface area contributed by atoms with Crippen LogP contribution in [0.5, 0.6) is 0 Å². The van der Waals surface area contributed by atoms with E-state index in [4.69, 9.17) is 11.6 Å². The lowest BCUT2D eigenvalue weighted by atomic mass is 10.0. The summed E-state index contributed by atoms with van der Waals surface area (Å²) in [7, 11) is 0. The molecule has 0 spiro atoms. The number of piperidine rings is 1. The lowest BCUT2D eigenvalue weighted by Crippen LogP contribution is -2.43. The van der Waals surface area contributed by atoms with Crippen LogP contribution in [-0.4, -0.2) is 30.6 Å². The van der Waals surface area contributed by atoms with Crippen molar-refractivity contribution in [2.75, 3.05) is 19.6 Å². The van der Waals surface area contributed by atoms with Crippen molar-refractivity contribution >= 4 is 11.6 Å². The van der Waals surface area contributed by atoms with Gasteiger partial charge in [-0.25, -0.2) is 4.39 Å². The third-order valence-corrected chi connectivity index (χ3v) is 5.01. The van der Waals surface area contributed by atoms with Crippen molar-refractivity contribution in [2.24, 2.45) is 0 Å². The summed E-state index contributed by atoms with van der Waals surface area (Å²) in [5.41, 5.74) is 2.43. The molecule has 2 nitrogen and oxygen atoms in total. The van der Waals surface area contributed by atoms with Gasteiger partial charge in [0.1, 0.15) is 5.82 Å². The number of hydrogen-bond donors (Lipinski definition) is 1. The van der Waals surface area contributed by atoms with E-state index in [1.165, 1.54) is 11.6 Å². The standard InChI is InChI=1S/C20H24ClFN2/c21-19-14-17(6-7-20(19)22)15-24(18-8-11-23-12-9-18)13-10-16-4-2-1-3-5-16/h1-7,14,18,23H,8-13,15H2.